The Bertz CT molecular complexity index is 341. The van der Waals surface area contributed by atoms with Gasteiger partial charge in [0.25, 0.3) is 0 Å². The zero-order chi connectivity index (χ0) is 12.3. The monoisotopic (exact) mass is 231 g/mol. The third-order valence-corrected chi connectivity index (χ3v) is 4.31. The van der Waals surface area contributed by atoms with Crippen LogP contribution in [-0.4, -0.2) is 6.04 Å². The van der Waals surface area contributed by atoms with Crippen LogP contribution in [0.4, 0.5) is 0 Å². The molecule has 1 aromatic carbocycles. The van der Waals surface area contributed by atoms with E-state index in [0.717, 1.165) is 24.4 Å². The number of benzene rings is 1. The molecule has 0 bridgehead atoms. The fraction of sp³-hybridized carbons (Fsp3) is 0.625. The molecule has 94 valence electrons. The van der Waals surface area contributed by atoms with Gasteiger partial charge >= 0.3 is 0 Å². The van der Waals surface area contributed by atoms with Crippen molar-refractivity contribution >= 4 is 0 Å². The second-order valence-corrected chi connectivity index (χ2v) is 5.83. The van der Waals surface area contributed by atoms with E-state index in [1.807, 2.05) is 0 Å². The van der Waals surface area contributed by atoms with E-state index in [9.17, 15) is 0 Å². The Hall–Kier alpha value is -0.820. The summed E-state index contributed by atoms with van der Waals surface area (Å²) in [7, 11) is 0. The quantitative estimate of drug-likeness (QED) is 0.831. The molecule has 0 saturated heterocycles. The molecule has 1 nitrogen and oxygen atoms in total. The smallest absolute Gasteiger partial charge is 0.0208 e. The molecule has 1 fully saturated rings. The number of rotatable bonds is 3. The van der Waals surface area contributed by atoms with Crippen LogP contribution in [0.25, 0.3) is 0 Å². The molecule has 3 atom stereocenters. The lowest BCUT2D eigenvalue weighted by Crippen LogP contribution is -2.35. The van der Waals surface area contributed by atoms with Crippen molar-refractivity contribution in [2.24, 2.45) is 11.8 Å². The zero-order valence-electron chi connectivity index (χ0n) is 11.4. The molecule has 17 heavy (non-hydrogen) atoms. The summed E-state index contributed by atoms with van der Waals surface area (Å²) in [6, 6.07) is 9.59. The van der Waals surface area contributed by atoms with E-state index >= 15 is 0 Å². The first-order valence-electron chi connectivity index (χ1n) is 6.94. The second kappa shape index (κ2) is 5.68. The average molecular weight is 231 g/mol. The van der Waals surface area contributed by atoms with E-state index in [1.54, 1.807) is 0 Å². The third-order valence-electron chi connectivity index (χ3n) is 4.31. The highest BCUT2D eigenvalue weighted by Gasteiger charge is 2.23. The lowest BCUT2D eigenvalue weighted by Gasteiger charge is -2.32. The van der Waals surface area contributed by atoms with Crippen molar-refractivity contribution in [3.8, 4) is 0 Å². The predicted molar refractivity (Wildman–Crippen MR) is 74.0 cm³/mol. The minimum absolute atomic E-state index is 0.725. The minimum atomic E-state index is 0.725. The molecule has 1 heteroatoms. The van der Waals surface area contributed by atoms with Gasteiger partial charge in [-0.1, -0.05) is 43.7 Å². The molecule has 3 unspecified atom stereocenters. The van der Waals surface area contributed by atoms with Crippen molar-refractivity contribution in [3.05, 3.63) is 35.4 Å². The highest BCUT2D eigenvalue weighted by molar-refractivity contribution is 5.21. The Kier molecular flexibility index (Phi) is 4.22. The van der Waals surface area contributed by atoms with Crippen LogP contribution in [0, 0.1) is 18.8 Å². The summed E-state index contributed by atoms with van der Waals surface area (Å²) in [6.07, 6.45) is 4.07. The maximum Gasteiger partial charge on any atom is 0.0208 e. The van der Waals surface area contributed by atoms with Gasteiger partial charge in [0.1, 0.15) is 0 Å². The number of aryl methyl sites for hydroxylation is 1. The van der Waals surface area contributed by atoms with Gasteiger partial charge in [-0.15, -0.1) is 0 Å². The van der Waals surface area contributed by atoms with Crippen molar-refractivity contribution in [1.29, 1.82) is 0 Å². The van der Waals surface area contributed by atoms with Gasteiger partial charge in [0.05, 0.1) is 0 Å². The SMILES string of the molecule is Cc1ccc(CNC2CCC(C)C(C)C2)cc1. The van der Waals surface area contributed by atoms with Crippen molar-refractivity contribution in [1.82, 2.24) is 5.32 Å². The fourth-order valence-corrected chi connectivity index (χ4v) is 2.70. The molecule has 0 amide bonds. The van der Waals surface area contributed by atoms with Gasteiger partial charge in [-0.05, 0) is 43.6 Å². The number of hydrogen-bond donors (Lipinski definition) is 1. The zero-order valence-corrected chi connectivity index (χ0v) is 11.4. The summed E-state index contributed by atoms with van der Waals surface area (Å²) >= 11 is 0. The summed E-state index contributed by atoms with van der Waals surface area (Å²) < 4.78 is 0. The molecule has 1 aromatic rings. The molecule has 0 heterocycles. The molecule has 2 rings (SSSR count). The van der Waals surface area contributed by atoms with E-state index in [2.05, 4.69) is 50.4 Å². The second-order valence-electron chi connectivity index (χ2n) is 5.83. The van der Waals surface area contributed by atoms with E-state index in [0.29, 0.717) is 0 Å². The van der Waals surface area contributed by atoms with Crippen LogP contribution in [-0.2, 0) is 6.54 Å². The molecule has 0 aromatic heterocycles. The Balaban J connectivity index is 1.80. The number of nitrogens with one attached hydrogen (secondary N) is 1. The van der Waals surface area contributed by atoms with Crippen LogP contribution in [0.1, 0.15) is 44.2 Å². The molecule has 0 radical (unpaired) electrons. The normalized spacial score (nSPS) is 29.2. The summed E-state index contributed by atoms with van der Waals surface area (Å²) in [6.45, 7) is 7.94. The fourth-order valence-electron chi connectivity index (χ4n) is 2.70. The van der Waals surface area contributed by atoms with Crippen LogP contribution in [0.15, 0.2) is 24.3 Å². The molecule has 1 saturated carbocycles. The van der Waals surface area contributed by atoms with Crippen LogP contribution in [0.5, 0.6) is 0 Å². The van der Waals surface area contributed by atoms with Crippen molar-refractivity contribution in [2.45, 2.75) is 52.6 Å². The van der Waals surface area contributed by atoms with Gasteiger partial charge in [-0.2, -0.15) is 0 Å². The van der Waals surface area contributed by atoms with Crippen LogP contribution in [0.2, 0.25) is 0 Å². The van der Waals surface area contributed by atoms with E-state index < -0.39 is 0 Å². The maximum atomic E-state index is 3.71. The molecular weight excluding hydrogens is 206 g/mol. The van der Waals surface area contributed by atoms with Gasteiger partial charge in [0.2, 0.25) is 0 Å². The highest BCUT2D eigenvalue weighted by atomic mass is 14.9. The largest absolute Gasteiger partial charge is 0.310 e. The Morgan fingerprint density at radius 1 is 1.06 bits per heavy atom. The topological polar surface area (TPSA) is 12.0 Å². The van der Waals surface area contributed by atoms with Gasteiger partial charge < -0.3 is 5.32 Å². The Morgan fingerprint density at radius 3 is 2.41 bits per heavy atom. The Morgan fingerprint density at radius 2 is 1.76 bits per heavy atom. The van der Waals surface area contributed by atoms with E-state index in [4.69, 9.17) is 0 Å². The van der Waals surface area contributed by atoms with Crippen LogP contribution in [0.3, 0.4) is 0 Å². The highest BCUT2D eigenvalue weighted by Crippen LogP contribution is 2.29. The minimum Gasteiger partial charge on any atom is -0.310 e. The molecular formula is C16H25N. The van der Waals surface area contributed by atoms with Crippen molar-refractivity contribution in [3.63, 3.8) is 0 Å². The summed E-state index contributed by atoms with van der Waals surface area (Å²) in [5.74, 6) is 1.78. The van der Waals surface area contributed by atoms with Gasteiger partial charge in [-0.25, -0.2) is 0 Å². The molecule has 1 N–H and O–H groups in total. The van der Waals surface area contributed by atoms with Crippen molar-refractivity contribution < 1.29 is 0 Å². The first-order chi connectivity index (χ1) is 8.15. The summed E-state index contributed by atoms with van der Waals surface area (Å²) in [4.78, 5) is 0. The number of hydrogen-bond acceptors (Lipinski definition) is 1. The third kappa shape index (κ3) is 3.57. The molecule has 0 aliphatic heterocycles. The maximum absolute atomic E-state index is 3.71. The molecule has 1 aliphatic carbocycles. The van der Waals surface area contributed by atoms with Gasteiger partial charge in [-0.3, -0.25) is 0 Å². The van der Waals surface area contributed by atoms with E-state index in [1.165, 1.54) is 30.4 Å². The lowest BCUT2D eigenvalue weighted by molar-refractivity contribution is 0.225. The van der Waals surface area contributed by atoms with Crippen LogP contribution < -0.4 is 5.32 Å². The van der Waals surface area contributed by atoms with Crippen molar-refractivity contribution in [2.75, 3.05) is 0 Å². The Labute approximate surface area is 106 Å². The summed E-state index contributed by atoms with van der Waals surface area (Å²) in [5.41, 5.74) is 2.75. The summed E-state index contributed by atoms with van der Waals surface area (Å²) in [5, 5.41) is 3.71. The lowest BCUT2D eigenvalue weighted by atomic mass is 9.79. The van der Waals surface area contributed by atoms with Gasteiger partial charge in [0.15, 0.2) is 0 Å². The van der Waals surface area contributed by atoms with Crippen LogP contribution >= 0.6 is 0 Å². The standard InChI is InChI=1S/C16H25N/c1-12-4-7-15(8-5-12)11-17-16-9-6-13(2)14(3)10-16/h4-5,7-8,13-14,16-17H,6,9-11H2,1-3H3. The predicted octanol–water partition coefficient (Wildman–Crippen LogP) is 3.91. The van der Waals surface area contributed by atoms with E-state index in [-0.39, 0.29) is 0 Å². The molecule has 1 aliphatic rings. The average Bonchev–Trinajstić information content (AvgIpc) is 2.33. The first kappa shape index (κ1) is 12.6. The van der Waals surface area contributed by atoms with Gasteiger partial charge in [0, 0.05) is 12.6 Å². The molecule has 0 spiro atoms. The first-order valence-corrected chi connectivity index (χ1v) is 6.94.